The van der Waals surface area contributed by atoms with E-state index in [4.69, 9.17) is 9.26 Å². The number of fused-ring (bicyclic) bond motifs is 1. The molecule has 9 heteroatoms. The summed E-state index contributed by atoms with van der Waals surface area (Å²) in [6, 6.07) is 5.42. The summed E-state index contributed by atoms with van der Waals surface area (Å²) >= 11 is 0. The molecule has 0 saturated carbocycles. The summed E-state index contributed by atoms with van der Waals surface area (Å²) in [5.41, 5.74) is 2.82. The maximum absolute atomic E-state index is 9.23. The van der Waals surface area contributed by atoms with Crippen molar-refractivity contribution in [2.75, 3.05) is 0 Å². The quantitative estimate of drug-likeness (QED) is 0.562. The first-order valence-corrected chi connectivity index (χ1v) is 8.81. The predicted octanol–water partition coefficient (Wildman–Crippen LogP) is 2.54. The van der Waals surface area contributed by atoms with Crippen LogP contribution in [0, 0.1) is 0 Å². The first kappa shape index (κ1) is 18.1. The molecule has 0 bridgehead atoms. The van der Waals surface area contributed by atoms with E-state index in [1.807, 2.05) is 12.1 Å². The van der Waals surface area contributed by atoms with Gasteiger partial charge < -0.3 is 14.4 Å². The van der Waals surface area contributed by atoms with E-state index in [2.05, 4.69) is 46.2 Å². The molecule has 144 valence electrons. The molecule has 9 nitrogen and oxygen atoms in total. The molecular formula is C19H20N6O3. The van der Waals surface area contributed by atoms with Crippen molar-refractivity contribution in [3.8, 4) is 17.4 Å². The zero-order valence-electron chi connectivity index (χ0n) is 15.8. The van der Waals surface area contributed by atoms with Crippen LogP contribution in [0.5, 0.6) is 5.88 Å². The molecule has 0 aliphatic carbocycles. The van der Waals surface area contributed by atoms with Crippen LogP contribution < -0.4 is 4.74 Å². The summed E-state index contributed by atoms with van der Waals surface area (Å²) in [6.45, 7) is 6.35. The lowest BCUT2D eigenvalue weighted by molar-refractivity contribution is 0.229. The third-order valence-corrected chi connectivity index (χ3v) is 4.21. The number of ether oxygens (including phenoxy) is 1. The maximum atomic E-state index is 9.23. The highest BCUT2D eigenvalue weighted by molar-refractivity contribution is 5.64. The molecule has 0 fully saturated rings. The lowest BCUT2D eigenvalue weighted by atomic mass is 9.88. The number of nitrogens with zero attached hydrogens (tertiary/aromatic N) is 6. The fourth-order valence-corrected chi connectivity index (χ4v) is 2.97. The van der Waals surface area contributed by atoms with Crippen molar-refractivity contribution in [3.05, 3.63) is 53.7 Å². The third kappa shape index (κ3) is 3.31. The van der Waals surface area contributed by atoms with Crippen LogP contribution in [0.3, 0.4) is 0 Å². The molecule has 1 N–H and O–H groups in total. The van der Waals surface area contributed by atoms with Gasteiger partial charge in [0.25, 0.3) is 0 Å². The molecule has 0 saturated heterocycles. The van der Waals surface area contributed by atoms with Gasteiger partial charge >= 0.3 is 0 Å². The Balaban J connectivity index is 1.81. The molecule has 28 heavy (non-hydrogen) atoms. The van der Waals surface area contributed by atoms with Crippen molar-refractivity contribution >= 4 is 5.52 Å². The number of pyridine rings is 1. The second kappa shape index (κ2) is 7.01. The molecule has 0 aromatic carbocycles. The number of rotatable bonds is 5. The Kier molecular flexibility index (Phi) is 4.52. The lowest BCUT2D eigenvalue weighted by Crippen LogP contribution is -2.13. The minimum absolute atomic E-state index is 0.244. The summed E-state index contributed by atoms with van der Waals surface area (Å²) < 4.78 is 12.8. The van der Waals surface area contributed by atoms with Gasteiger partial charge in [-0.2, -0.15) is 5.10 Å². The average molecular weight is 380 g/mol. The molecule has 0 aliphatic heterocycles. The Labute approximate surface area is 161 Å². The average Bonchev–Trinajstić information content (AvgIpc) is 3.30. The predicted molar refractivity (Wildman–Crippen MR) is 99.5 cm³/mol. The molecule has 4 heterocycles. The smallest absolute Gasteiger partial charge is 0.238 e. The highest BCUT2D eigenvalue weighted by Crippen LogP contribution is 2.36. The second-order valence-corrected chi connectivity index (χ2v) is 7.38. The first-order chi connectivity index (χ1) is 13.5. The normalized spacial score (nSPS) is 11.9. The van der Waals surface area contributed by atoms with E-state index in [-0.39, 0.29) is 12.0 Å². The van der Waals surface area contributed by atoms with E-state index in [0.29, 0.717) is 29.8 Å². The maximum Gasteiger partial charge on any atom is 0.238 e. The summed E-state index contributed by atoms with van der Waals surface area (Å²) in [5, 5.41) is 26.1. The summed E-state index contributed by atoms with van der Waals surface area (Å²) in [6.07, 6.45) is 5.13. The zero-order valence-corrected chi connectivity index (χ0v) is 15.8. The van der Waals surface area contributed by atoms with Gasteiger partial charge in [-0.15, -0.1) is 10.2 Å². The van der Waals surface area contributed by atoms with Crippen molar-refractivity contribution in [1.29, 1.82) is 0 Å². The fourth-order valence-electron chi connectivity index (χ4n) is 2.97. The summed E-state index contributed by atoms with van der Waals surface area (Å²) in [5.74, 6) is 1.24. The van der Waals surface area contributed by atoms with Crippen LogP contribution in [0.15, 0.2) is 41.3 Å². The lowest BCUT2D eigenvalue weighted by Gasteiger charge is -2.18. The van der Waals surface area contributed by atoms with Crippen LogP contribution in [-0.4, -0.2) is 35.1 Å². The van der Waals surface area contributed by atoms with Crippen LogP contribution in [0.2, 0.25) is 0 Å². The van der Waals surface area contributed by atoms with Crippen LogP contribution in [0.1, 0.15) is 37.7 Å². The van der Waals surface area contributed by atoms with Crippen molar-refractivity contribution in [3.63, 3.8) is 0 Å². The summed E-state index contributed by atoms with van der Waals surface area (Å²) in [7, 11) is 0. The number of hydrogen-bond acceptors (Lipinski definition) is 8. The van der Waals surface area contributed by atoms with Gasteiger partial charge in [-0.25, -0.2) is 4.52 Å². The number of aromatic nitrogens is 6. The van der Waals surface area contributed by atoms with Crippen LogP contribution in [0.4, 0.5) is 0 Å². The Bertz CT molecular complexity index is 1100. The van der Waals surface area contributed by atoms with Crippen LogP contribution >= 0.6 is 0 Å². The van der Waals surface area contributed by atoms with Gasteiger partial charge in [0.15, 0.2) is 11.5 Å². The van der Waals surface area contributed by atoms with Crippen molar-refractivity contribution in [1.82, 2.24) is 30.0 Å². The highest BCUT2D eigenvalue weighted by atomic mass is 16.5. The Morgan fingerprint density at radius 3 is 2.79 bits per heavy atom. The highest BCUT2D eigenvalue weighted by Gasteiger charge is 2.28. The van der Waals surface area contributed by atoms with Gasteiger partial charge in [0.05, 0.1) is 11.7 Å². The summed E-state index contributed by atoms with van der Waals surface area (Å²) in [4.78, 5) is 4.11. The van der Waals surface area contributed by atoms with Gasteiger partial charge in [-0.05, 0) is 11.5 Å². The Morgan fingerprint density at radius 2 is 2.11 bits per heavy atom. The van der Waals surface area contributed by atoms with E-state index in [9.17, 15) is 5.11 Å². The van der Waals surface area contributed by atoms with E-state index < -0.39 is 0 Å². The van der Waals surface area contributed by atoms with E-state index in [0.717, 1.165) is 16.6 Å². The van der Waals surface area contributed by atoms with Crippen molar-refractivity contribution in [2.45, 2.75) is 39.4 Å². The first-order valence-electron chi connectivity index (χ1n) is 8.81. The zero-order chi connectivity index (χ0) is 19.7. The number of aliphatic hydroxyl groups excluding tert-OH is 1. The second-order valence-electron chi connectivity index (χ2n) is 7.38. The minimum atomic E-state index is -0.248. The topological polar surface area (TPSA) is 111 Å². The Hall–Kier alpha value is -3.33. The van der Waals surface area contributed by atoms with Gasteiger partial charge in [-0.3, -0.25) is 4.98 Å². The largest absolute Gasteiger partial charge is 0.471 e. The molecule has 0 aliphatic rings. The molecule has 0 unspecified atom stereocenters. The van der Waals surface area contributed by atoms with Gasteiger partial charge in [0, 0.05) is 29.6 Å². The SMILES string of the molecule is CC(C)(C)c1c(OCc2cccnc2)nn2c(-c3cc(CO)on3)nncc12. The molecule has 0 radical (unpaired) electrons. The molecule has 0 atom stereocenters. The van der Waals surface area contributed by atoms with Crippen molar-refractivity contribution in [2.24, 2.45) is 0 Å². The van der Waals surface area contributed by atoms with E-state index in [1.54, 1.807) is 29.2 Å². The molecule has 4 aromatic heterocycles. The molecular weight excluding hydrogens is 360 g/mol. The molecule has 4 aromatic rings. The van der Waals surface area contributed by atoms with Crippen molar-refractivity contribution < 1.29 is 14.4 Å². The Morgan fingerprint density at radius 1 is 1.25 bits per heavy atom. The fraction of sp³-hybridized carbons (Fsp3) is 0.316. The minimum Gasteiger partial charge on any atom is -0.471 e. The standard InChI is InChI=1S/C19H20N6O3/c1-19(2,3)16-15-9-21-22-17(14-7-13(10-26)28-24-14)25(15)23-18(16)27-11-12-5-4-6-20-8-12/h4-9,26H,10-11H2,1-3H3. The van der Waals surface area contributed by atoms with Gasteiger partial charge in [0.2, 0.25) is 11.7 Å². The van der Waals surface area contributed by atoms with Crippen LogP contribution in [-0.2, 0) is 18.6 Å². The van der Waals surface area contributed by atoms with Crippen LogP contribution in [0.25, 0.3) is 17.0 Å². The molecule has 4 rings (SSSR count). The molecule has 0 amide bonds. The van der Waals surface area contributed by atoms with Gasteiger partial charge in [-0.1, -0.05) is 32.0 Å². The van der Waals surface area contributed by atoms with E-state index >= 15 is 0 Å². The third-order valence-electron chi connectivity index (χ3n) is 4.21. The van der Waals surface area contributed by atoms with Gasteiger partial charge in [0.1, 0.15) is 13.2 Å². The number of hydrogen-bond donors (Lipinski definition) is 1. The molecule has 0 spiro atoms. The monoisotopic (exact) mass is 380 g/mol. The number of aliphatic hydroxyl groups is 1. The van der Waals surface area contributed by atoms with E-state index in [1.165, 1.54) is 0 Å².